The molecule has 1 rings (SSSR count). The Morgan fingerprint density at radius 1 is 1.30 bits per heavy atom. The largest absolute Gasteiger partial charge is 0.277 e. The molecule has 1 aromatic carbocycles. The third kappa shape index (κ3) is 1.94. The minimum atomic E-state index is 0.0983. The average Bonchev–Trinajstić information content (AvgIpc) is 2.05. The van der Waals surface area contributed by atoms with Crippen molar-refractivity contribution in [3.63, 3.8) is 0 Å². The van der Waals surface area contributed by atoms with Gasteiger partial charge in [-0.2, -0.15) is 12.6 Å². The molecule has 1 atom stereocenters. The molecule has 0 bridgehead atoms. The third-order valence-electron chi connectivity index (χ3n) is 1.21. The number of hydrogen-bond acceptors (Lipinski definition) is 3. The highest BCUT2D eigenvalue weighted by Crippen LogP contribution is 2.27. The maximum absolute atomic E-state index is 5.34. The number of thiol groups is 1. The first-order valence-corrected chi connectivity index (χ1v) is 4.39. The zero-order valence-corrected chi connectivity index (χ0v) is 7.11. The fraction of sp³-hybridized carbons (Fsp3) is 0.143. The van der Waals surface area contributed by atoms with Gasteiger partial charge in [-0.05, 0) is 5.56 Å². The van der Waals surface area contributed by atoms with Gasteiger partial charge >= 0.3 is 0 Å². The highest BCUT2D eigenvalue weighted by atomic mass is 32.2. The molecule has 54 valence electrons. The molecular formula is C7H9NS2. The number of benzene rings is 1. The van der Waals surface area contributed by atoms with E-state index in [-0.39, 0.29) is 4.58 Å². The van der Waals surface area contributed by atoms with Gasteiger partial charge in [0.1, 0.15) is 0 Å². The lowest BCUT2D eigenvalue weighted by Crippen LogP contribution is -1.88. The van der Waals surface area contributed by atoms with E-state index in [0.717, 1.165) is 5.56 Å². The molecule has 0 saturated heterocycles. The van der Waals surface area contributed by atoms with Gasteiger partial charge in [-0.3, -0.25) is 5.14 Å². The molecule has 3 heteroatoms. The van der Waals surface area contributed by atoms with Crippen LogP contribution >= 0.6 is 24.6 Å². The first-order chi connectivity index (χ1) is 4.84. The quantitative estimate of drug-likeness (QED) is 0.405. The maximum atomic E-state index is 5.34. The molecule has 0 aliphatic carbocycles. The SMILES string of the molecule is NSC(S)c1ccccc1. The lowest BCUT2D eigenvalue weighted by molar-refractivity contribution is 1.39. The van der Waals surface area contributed by atoms with Crippen LogP contribution in [0.2, 0.25) is 0 Å². The Balaban J connectivity index is 2.75. The molecule has 1 aromatic rings. The molecule has 0 radical (unpaired) electrons. The molecule has 0 spiro atoms. The second-order valence-corrected chi connectivity index (χ2v) is 3.51. The van der Waals surface area contributed by atoms with E-state index in [1.54, 1.807) is 0 Å². The summed E-state index contributed by atoms with van der Waals surface area (Å²) >= 11 is 5.50. The van der Waals surface area contributed by atoms with Crippen LogP contribution < -0.4 is 5.14 Å². The molecule has 0 heterocycles. The van der Waals surface area contributed by atoms with Gasteiger partial charge in [0.2, 0.25) is 0 Å². The molecule has 0 fully saturated rings. The average molecular weight is 171 g/mol. The monoisotopic (exact) mass is 171 g/mol. The standard InChI is InChI=1S/C7H9NS2/c8-10-7(9)6-4-2-1-3-5-6/h1-5,7,9H,8H2. The summed E-state index contributed by atoms with van der Waals surface area (Å²) in [6.07, 6.45) is 0. The van der Waals surface area contributed by atoms with Gasteiger partial charge in [-0.1, -0.05) is 42.3 Å². The van der Waals surface area contributed by atoms with Crippen molar-refractivity contribution in [2.45, 2.75) is 4.58 Å². The van der Waals surface area contributed by atoms with Crippen LogP contribution in [0.15, 0.2) is 30.3 Å². The van der Waals surface area contributed by atoms with Crippen molar-refractivity contribution >= 4 is 24.6 Å². The maximum Gasteiger partial charge on any atom is 0.0864 e. The van der Waals surface area contributed by atoms with Crippen LogP contribution in [-0.4, -0.2) is 0 Å². The van der Waals surface area contributed by atoms with Gasteiger partial charge in [-0.25, -0.2) is 0 Å². The highest BCUT2D eigenvalue weighted by molar-refractivity contribution is 8.08. The topological polar surface area (TPSA) is 26.0 Å². The fourth-order valence-corrected chi connectivity index (χ4v) is 1.18. The summed E-state index contributed by atoms with van der Waals surface area (Å²) in [5.41, 5.74) is 1.15. The predicted octanol–water partition coefficient (Wildman–Crippen LogP) is 2.22. The van der Waals surface area contributed by atoms with Gasteiger partial charge in [0.05, 0.1) is 4.58 Å². The van der Waals surface area contributed by atoms with Crippen molar-refractivity contribution in [1.82, 2.24) is 0 Å². The van der Waals surface area contributed by atoms with E-state index in [9.17, 15) is 0 Å². The Bertz CT molecular complexity index is 188. The Kier molecular flexibility index (Phi) is 3.12. The van der Waals surface area contributed by atoms with Crippen LogP contribution in [0.5, 0.6) is 0 Å². The number of nitrogens with two attached hydrogens (primary N) is 1. The van der Waals surface area contributed by atoms with E-state index in [2.05, 4.69) is 12.6 Å². The third-order valence-corrected chi connectivity index (χ3v) is 2.41. The molecule has 0 aliphatic heterocycles. The summed E-state index contributed by atoms with van der Waals surface area (Å²) in [5, 5.41) is 5.34. The summed E-state index contributed by atoms with van der Waals surface area (Å²) in [7, 11) is 0. The summed E-state index contributed by atoms with van der Waals surface area (Å²) in [5.74, 6) is 0. The van der Waals surface area contributed by atoms with E-state index in [4.69, 9.17) is 5.14 Å². The van der Waals surface area contributed by atoms with Gasteiger partial charge < -0.3 is 0 Å². The Morgan fingerprint density at radius 3 is 2.40 bits per heavy atom. The van der Waals surface area contributed by atoms with Gasteiger partial charge in [0.15, 0.2) is 0 Å². The Morgan fingerprint density at radius 2 is 1.90 bits per heavy atom. The van der Waals surface area contributed by atoms with Crippen molar-refractivity contribution < 1.29 is 0 Å². The lowest BCUT2D eigenvalue weighted by Gasteiger charge is -2.04. The van der Waals surface area contributed by atoms with Crippen LogP contribution in [-0.2, 0) is 0 Å². The van der Waals surface area contributed by atoms with E-state index in [0.29, 0.717) is 0 Å². The number of rotatable bonds is 2. The Labute approximate surface area is 70.5 Å². The number of hydrogen-bond donors (Lipinski definition) is 2. The van der Waals surface area contributed by atoms with Crippen molar-refractivity contribution in [3.05, 3.63) is 35.9 Å². The molecule has 2 N–H and O–H groups in total. The van der Waals surface area contributed by atoms with Gasteiger partial charge in [-0.15, -0.1) is 0 Å². The van der Waals surface area contributed by atoms with Crippen molar-refractivity contribution in [2.75, 3.05) is 0 Å². The summed E-state index contributed by atoms with van der Waals surface area (Å²) in [6.45, 7) is 0. The smallest absolute Gasteiger partial charge is 0.0864 e. The van der Waals surface area contributed by atoms with E-state index < -0.39 is 0 Å². The van der Waals surface area contributed by atoms with E-state index >= 15 is 0 Å². The predicted molar refractivity (Wildman–Crippen MR) is 49.9 cm³/mol. The molecule has 0 saturated carbocycles. The van der Waals surface area contributed by atoms with E-state index in [1.165, 1.54) is 11.9 Å². The van der Waals surface area contributed by atoms with Crippen LogP contribution in [0.4, 0.5) is 0 Å². The minimum Gasteiger partial charge on any atom is -0.277 e. The molecular weight excluding hydrogens is 162 g/mol. The van der Waals surface area contributed by atoms with Crippen LogP contribution in [0, 0.1) is 0 Å². The summed E-state index contributed by atoms with van der Waals surface area (Å²) in [6, 6.07) is 9.96. The first kappa shape index (κ1) is 7.98. The fourth-order valence-electron chi connectivity index (χ4n) is 0.696. The highest BCUT2D eigenvalue weighted by Gasteiger charge is 2.01. The van der Waals surface area contributed by atoms with Crippen molar-refractivity contribution in [1.29, 1.82) is 0 Å². The molecule has 1 unspecified atom stereocenters. The molecule has 0 aliphatic rings. The second kappa shape index (κ2) is 3.91. The van der Waals surface area contributed by atoms with E-state index in [1.807, 2.05) is 30.3 Å². The molecule has 0 amide bonds. The zero-order chi connectivity index (χ0) is 7.40. The lowest BCUT2D eigenvalue weighted by atomic mass is 10.2. The van der Waals surface area contributed by atoms with Crippen molar-refractivity contribution in [3.8, 4) is 0 Å². The normalized spacial score (nSPS) is 13.0. The second-order valence-electron chi connectivity index (χ2n) is 1.90. The molecule has 1 nitrogen and oxygen atoms in total. The molecule has 10 heavy (non-hydrogen) atoms. The summed E-state index contributed by atoms with van der Waals surface area (Å²) < 4.78 is 0.0983. The molecule has 0 aromatic heterocycles. The van der Waals surface area contributed by atoms with Crippen LogP contribution in [0.1, 0.15) is 10.1 Å². The minimum absolute atomic E-state index is 0.0983. The summed E-state index contributed by atoms with van der Waals surface area (Å²) in [4.78, 5) is 0. The zero-order valence-electron chi connectivity index (χ0n) is 5.40. The van der Waals surface area contributed by atoms with Gasteiger partial charge in [0, 0.05) is 0 Å². The van der Waals surface area contributed by atoms with Crippen LogP contribution in [0.3, 0.4) is 0 Å². The first-order valence-electron chi connectivity index (χ1n) is 2.93. The van der Waals surface area contributed by atoms with Crippen molar-refractivity contribution in [2.24, 2.45) is 5.14 Å². The Hall–Kier alpha value is -0.120. The van der Waals surface area contributed by atoms with Gasteiger partial charge in [0.25, 0.3) is 0 Å². The van der Waals surface area contributed by atoms with Crippen LogP contribution in [0.25, 0.3) is 0 Å².